The van der Waals surface area contributed by atoms with Crippen LogP contribution in [0.25, 0.3) is 0 Å². The minimum absolute atomic E-state index is 0.237. The Labute approximate surface area is 78.5 Å². The summed E-state index contributed by atoms with van der Waals surface area (Å²) in [7, 11) is 0. The molecule has 1 rings (SSSR count). The highest BCUT2D eigenvalue weighted by atomic mass is 79.9. The lowest BCUT2D eigenvalue weighted by molar-refractivity contribution is 0.0513. The van der Waals surface area contributed by atoms with E-state index < -0.39 is 5.97 Å². The predicted octanol–water partition coefficient (Wildman–Crippen LogP) is 1.66. The maximum Gasteiger partial charge on any atom is 0.374 e. The maximum absolute atomic E-state index is 11.1. The zero-order chi connectivity index (χ0) is 9.14. The summed E-state index contributed by atoms with van der Waals surface area (Å²) >= 11 is 3.19. The zero-order valence-corrected chi connectivity index (χ0v) is 8.43. The fraction of sp³-hybridized carbons (Fsp3) is 0.429. The van der Waals surface area contributed by atoms with Gasteiger partial charge in [0.1, 0.15) is 4.60 Å². The molecule has 0 saturated carbocycles. The molecule has 1 N–H and O–H groups in total. The Morgan fingerprint density at radius 3 is 2.83 bits per heavy atom. The van der Waals surface area contributed by atoms with Crippen LogP contribution in [0.4, 0.5) is 0 Å². The lowest BCUT2D eigenvalue weighted by Gasteiger charge is -1.95. The number of nitrogens with one attached hydrogen (secondary N) is 1. The number of hydrogen-bond donors (Lipinski definition) is 1. The van der Waals surface area contributed by atoms with Gasteiger partial charge in [0.2, 0.25) is 5.82 Å². The number of carbonyl (C=O) groups is 1. The van der Waals surface area contributed by atoms with E-state index in [1.54, 1.807) is 6.92 Å². The van der Waals surface area contributed by atoms with Gasteiger partial charge in [0, 0.05) is 5.69 Å². The summed E-state index contributed by atoms with van der Waals surface area (Å²) in [5.41, 5.74) is 0.818. The van der Waals surface area contributed by atoms with Crippen LogP contribution in [-0.4, -0.2) is 22.5 Å². The second-order valence-electron chi connectivity index (χ2n) is 2.22. The zero-order valence-electron chi connectivity index (χ0n) is 6.85. The Bertz CT molecular complexity index is 276. The van der Waals surface area contributed by atoms with E-state index in [1.807, 2.05) is 6.92 Å². The van der Waals surface area contributed by atoms with Crippen molar-refractivity contribution in [2.75, 3.05) is 6.61 Å². The highest BCUT2D eigenvalue weighted by Gasteiger charge is 2.12. The van der Waals surface area contributed by atoms with Crippen molar-refractivity contribution in [1.29, 1.82) is 0 Å². The van der Waals surface area contributed by atoms with Crippen LogP contribution in [0.1, 0.15) is 23.2 Å². The van der Waals surface area contributed by atoms with Gasteiger partial charge < -0.3 is 9.72 Å². The third-order valence-electron chi connectivity index (χ3n) is 1.29. The molecule has 12 heavy (non-hydrogen) atoms. The molecule has 5 heteroatoms. The van der Waals surface area contributed by atoms with Crippen LogP contribution in [0.5, 0.6) is 0 Å². The van der Waals surface area contributed by atoms with Crippen molar-refractivity contribution in [3.8, 4) is 0 Å². The standard InChI is InChI=1S/C7H9BrN2O2/c1-3-12-7(11)6-9-4(2)5(8)10-6/h3H2,1-2H3,(H,9,10). The largest absolute Gasteiger partial charge is 0.460 e. The van der Waals surface area contributed by atoms with Crippen molar-refractivity contribution >= 4 is 21.9 Å². The number of rotatable bonds is 2. The molecule has 0 spiro atoms. The Kier molecular flexibility index (Phi) is 2.86. The smallest absolute Gasteiger partial charge is 0.374 e. The third kappa shape index (κ3) is 1.85. The quantitative estimate of drug-likeness (QED) is 0.790. The maximum atomic E-state index is 11.1. The number of esters is 1. The first kappa shape index (κ1) is 9.25. The highest BCUT2D eigenvalue weighted by molar-refractivity contribution is 9.10. The van der Waals surface area contributed by atoms with Crippen LogP contribution in [0, 0.1) is 6.92 Å². The van der Waals surface area contributed by atoms with E-state index in [0.29, 0.717) is 11.2 Å². The molecule has 0 aromatic carbocycles. The van der Waals surface area contributed by atoms with Gasteiger partial charge in [0.05, 0.1) is 6.61 Å². The van der Waals surface area contributed by atoms with Crippen molar-refractivity contribution in [3.63, 3.8) is 0 Å². The SMILES string of the molecule is CCOC(=O)c1nc(Br)c(C)[nH]1. The van der Waals surface area contributed by atoms with Gasteiger partial charge in [0.15, 0.2) is 0 Å². The van der Waals surface area contributed by atoms with E-state index in [-0.39, 0.29) is 5.82 Å². The molecule has 0 unspecified atom stereocenters. The molecule has 4 nitrogen and oxygen atoms in total. The van der Waals surface area contributed by atoms with Crippen molar-refractivity contribution < 1.29 is 9.53 Å². The lowest BCUT2D eigenvalue weighted by atomic mass is 10.6. The first-order valence-electron chi connectivity index (χ1n) is 3.54. The summed E-state index contributed by atoms with van der Waals surface area (Å²) in [6.45, 7) is 3.93. The Balaban J connectivity index is 2.82. The van der Waals surface area contributed by atoms with E-state index >= 15 is 0 Å². The number of halogens is 1. The molecule has 0 bridgehead atoms. The summed E-state index contributed by atoms with van der Waals surface area (Å²) in [5, 5.41) is 0. The minimum Gasteiger partial charge on any atom is -0.460 e. The summed E-state index contributed by atoms with van der Waals surface area (Å²) in [6.07, 6.45) is 0. The van der Waals surface area contributed by atoms with Gasteiger partial charge in [-0.1, -0.05) is 0 Å². The van der Waals surface area contributed by atoms with Gasteiger partial charge in [-0.25, -0.2) is 9.78 Å². The molecule has 0 aliphatic rings. The summed E-state index contributed by atoms with van der Waals surface area (Å²) < 4.78 is 5.39. The summed E-state index contributed by atoms with van der Waals surface area (Å²) in [4.78, 5) is 17.8. The van der Waals surface area contributed by atoms with Gasteiger partial charge in [0.25, 0.3) is 0 Å². The number of ether oxygens (including phenoxy) is 1. The molecule has 0 aliphatic heterocycles. The third-order valence-corrected chi connectivity index (χ3v) is 2.07. The minimum atomic E-state index is -0.425. The number of nitrogens with zero attached hydrogens (tertiary/aromatic N) is 1. The molecular formula is C7H9BrN2O2. The number of H-pyrrole nitrogens is 1. The van der Waals surface area contributed by atoms with E-state index in [1.165, 1.54) is 0 Å². The predicted molar refractivity (Wildman–Crippen MR) is 47.0 cm³/mol. The Hall–Kier alpha value is -0.840. The number of imidazole rings is 1. The molecule has 0 radical (unpaired) electrons. The highest BCUT2D eigenvalue weighted by Crippen LogP contribution is 2.12. The van der Waals surface area contributed by atoms with Crippen molar-refractivity contribution in [1.82, 2.24) is 9.97 Å². The van der Waals surface area contributed by atoms with Gasteiger partial charge in [-0.05, 0) is 29.8 Å². The molecule has 1 aromatic rings. The molecule has 0 aliphatic carbocycles. The number of hydrogen-bond acceptors (Lipinski definition) is 3. The van der Waals surface area contributed by atoms with Gasteiger partial charge in [-0.3, -0.25) is 0 Å². The molecule has 66 valence electrons. The van der Waals surface area contributed by atoms with Gasteiger partial charge >= 0.3 is 5.97 Å². The average molecular weight is 233 g/mol. The number of aromatic amines is 1. The normalized spacial score (nSPS) is 9.92. The van der Waals surface area contributed by atoms with Crippen molar-refractivity contribution in [3.05, 3.63) is 16.1 Å². The molecule has 0 amide bonds. The van der Waals surface area contributed by atoms with Crippen molar-refractivity contribution in [2.45, 2.75) is 13.8 Å². The Morgan fingerprint density at radius 2 is 2.42 bits per heavy atom. The number of aryl methyl sites for hydroxylation is 1. The molecule has 1 aromatic heterocycles. The second kappa shape index (κ2) is 3.71. The first-order chi connectivity index (χ1) is 5.65. The summed E-state index contributed by atoms with van der Waals surface area (Å²) in [6, 6.07) is 0. The fourth-order valence-corrected chi connectivity index (χ4v) is 1.01. The molecule has 1 heterocycles. The van der Waals surface area contributed by atoms with Crippen LogP contribution in [-0.2, 0) is 4.74 Å². The topological polar surface area (TPSA) is 55.0 Å². The summed E-state index contributed by atoms with van der Waals surface area (Å²) in [5.74, 6) is -0.187. The van der Waals surface area contributed by atoms with Crippen LogP contribution in [0.3, 0.4) is 0 Å². The average Bonchev–Trinajstić information content (AvgIpc) is 2.33. The van der Waals surface area contributed by atoms with E-state index in [0.717, 1.165) is 5.69 Å². The lowest BCUT2D eigenvalue weighted by Crippen LogP contribution is -2.06. The monoisotopic (exact) mass is 232 g/mol. The van der Waals surface area contributed by atoms with Crippen LogP contribution < -0.4 is 0 Å². The number of aromatic nitrogens is 2. The second-order valence-corrected chi connectivity index (χ2v) is 2.97. The van der Waals surface area contributed by atoms with E-state index in [2.05, 4.69) is 25.9 Å². The fourth-order valence-electron chi connectivity index (χ4n) is 0.735. The first-order valence-corrected chi connectivity index (χ1v) is 4.33. The molecule has 0 fully saturated rings. The van der Waals surface area contributed by atoms with E-state index in [4.69, 9.17) is 4.74 Å². The molecule has 0 saturated heterocycles. The van der Waals surface area contributed by atoms with Crippen LogP contribution in [0.15, 0.2) is 4.60 Å². The van der Waals surface area contributed by atoms with Gasteiger partial charge in [-0.15, -0.1) is 0 Å². The van der Waals surface area contributed by atoms with Gasteiger partial charge in [-0.2, -0.15) is 0 Å². The Morgan fingerprint density at radius 1 is 1.75 bits per heavy atom. The van der Waals surface area contributed by atoms with Crippen LogP contribution in [0.2, 0.25) is 0 Å². The van der Waals surface area contributed by atoms with E-state index in [9.17, 15) is 4.79 Å². The van der Waals surface area contributed by atoms with Crippen molar-refractivity contribution in [2.24, 2.45) is 0 Å². The molecular weight excluding hydrogens is 224 g/mol. The van der Waals surface area contributed by atoms with Crippen LogP contribution >= 0.6 is 15.9 Å². The molecule has 0 atom stereocenters. The number of carbonyl (C=O) groups excluding carboxylic acids is 1.